The Morgan fingerprint density at radius 3 is 2.24 bits per heavy atom. The second kappa shape index (κ2) is 11.6. The molecule has 33 heavy (non-hydrogen) atoms. The lowest BCUT2D eigenvalue weighted by molar-refractivity contribution is -0.523. The van der Waals surface area contributed by atoms with Crippen molar-refractivity contribution in [3.05, 3.63) is 107 Å². The van der Waals surface area contributed by atoms with E-state index in [-0.39, 0.29) is 10.8 Å². The molecule has 0 fully saturated rings. The van der Waals surface area contributed by atoms with Crippen LogP contribution in [0.2, 0.25) is 0 Å². The summed E-state index contributed by atoms with van der Waals surface area (Å²) in [5, 5.41) is 11.0. The van der Waals surface area contributed by atoms with Crippen LogP contribution >= 0.6 is 0 Å². The zero-order valence-corrected chi connectivity index (χ0v) is 18.4. The Labute approximate surface area is 192 Å². The van der Waals surface area contributed by atoms with Crippen molar-refractivity contribution >= 4 is 23.3 Å². The Morgan fingerprint density at radius 1 is 1.06 bits per heavy atom. The number of benzene rings is 2. The topological polar surface area (TPSA) is 89.8 Å². The van der Waals surface area contributed by atoms with Crippen LogP contribution in [0.5, 0.6) is 0 Å². The molecule has 0 heterocycles. The van der Waals surface area contributed by atoms with E-state index in [1.807, 2.05) is 66.7 Å². The van der Waals surface area contributed by atoms with Gasteiger partial charge in [0.2, 0.25) is 6.04 Å². The number of ether oxygens (including phenoxy) is 1. The predicted octanol–water partition coefficient (Wildman–Crippen LogP) is 5.15. The van der Waals surface area contributed by atoms with E-state index in [4.69, 9.17) is 4.74 Å². The fourth-order valence-corrected chi connectivity index (χ4v) is 3.52. The van der Waals surface area contributed by atoms with Gasteiger partial charge in [-0.25, -0.2) is 4.79 Å². The van der Waals surface area contributed by atoms with Gasteiger partial charge < -0.3 is 4.74 Å². The standard InChI is InChI=1S/C26H26N2O5/c1-20(33-26(30)18-16-21-9-8-14-24(19-21)28(31)32)15-17-25(29)27(22-10-4-2-5-11-22)23-12-6-3-7-13-23/h2-7,9-13,15-18,20,24H,8,14,19H2,1H3/b17-15+,18-16-/t20-,24?/m1/s1. The number of rotatable bonds is 8. The van der Waals surface area contributed by atoms with Crippen molar-refractivity contribution in [2.75, 3.05) is 4.90 Å². The van der Waals surface area contributed by atoms with E-state index in [0.717, 1.165) is 16.9 Å². The zero-order chi connectivity index (χ0) is 23.6. The highest BCUT2D eigenvalue weighted by Crippen LogP contribution is 2.25. The lowest BCUT2D eigenvalue weighted by Gasteiger charge is -2.21. The highest BCUT2D eigenvalue weighted by molar-refractivity contribution is 6.07. The molecule has 0 spiro atoms. The summed E-state index contributed by atoms with van der Waals surface area (Å²) in [6.45, 7) is 1.66. The summed E-state index contributed by atoms with van der Waals surface area (Å²) in [5.74, 6) is -0.851. The highest BCUT2D eigenvalue weighted by atomic mass is 16.6. The number of amides is 1. The van der Waals surface area contributed by atoms with Gasteiger partial charge in [-0.3, -0.25) is 19.8 Å². The van der Waals surface area contributed by atoms with Crippen molar-refractivity contribution in [2.45, 2.75) is 38.3 Å². The van der Waals surface area contributed by atoms with Crippen molar-refractivity contribution in [3.8, 4) is 0 Å². The quantitative estimate of drug-likeness (QED) is 0.242. The van der Waals surface area contributed by atoms with Gasteiger partial charge in [0.1, 0.15) is 6.10 Å². The van der Waals surface area contributed by atoms with Crippen molar-refractivity contribution < 1.29 is 19.2 Å². The third-order valence-corrected chi connectivity index (χ3v) is 5.17. The van der Waals surface area contributed by atoms with Gasteiger partial charge in [0.05, 0.1) is 0 Å². The summed E-state index contributed by atoms with van der Waals surface area (Å²) >= 11 is 0. The Morgan fingerprint density at radius 2 is 1.67 bits per heavy atom. The Bertz CT molecular complexity index is 1020. The van der Waals surface area contributed by atoms with E-state index in [0.29, 0.717) is 19.3 Å². The molecule has 2 aromatic carbocycles. The maximum Gasteiger partial charge on any atom is 0.331 e. The van der Waals surface area contributed by atoms with Crippen LogP contribution in [0, 0.1) is 10.1 Å². The summed E-state index contributed by atoms with van der Waals surface area (Å²) in [6, 6.07) is 17.9. The molecule has 7 heteroatoms. The Balaban J connectivity index is 1.61. The number of nitro groups is 1. The third-order valence-electron chi connectivity index (χ3n) is 5.17. The van der Waals surface area contributed by atoms with E-state index in [1.165, 1.54) is 18.2 Å². The van der Waals surface area contributed by atoms with Gasteiger partial charge in [-0.1, -0.05) is 48.6 Å². The minimum Gasteiger partial charge on any atom is -0.455 e. The van der Waals surface area contributed by atoms with Crippen LogP contribution in [0.1, 0.15) is 26.2 Å². The molecule has 0 saturated carbocycles. The molecule has 0 saturated heterocycles. The van der Waals surface area contributed by atoms with Crippen molar-refractivity contribution in [2.24, 2.45) is 0 Å². The molecule has 1 amide bonds. The molecule has 3 rings (SSSR count). The SMILES string of the molecule is C[C@H](/C=C/C(=O)N(c1ccccc1)c1ccccc1)OC(=O)/C=C\C1=CCCC([N+](=O)[O-])C1. The van der Waals surface area contributed by atoms with Gasteiger partial charge in [-0.15, -0.1) is 0 Å². The van der Waals surface area contributed by atoms with Crippen LogP contribution in [0.25, 0.3) is 0 Å². The number of carbonyl (C=O) groups excluding carboxylic acids is 2. The molecule has 0 aromatic heterocycles. The van der Waals surface area contributed by atoms with E-state index >= 15 is 0 Å². The van der Waals surface area contributed by atoms with E-state index in [9.17, 15) is 19.7 Å². The normalized spacial score (nSPS) is 16.9. The van der Waals surface area contributed by atoms with Crippen molar-refractivity contribution in [1.82, 2.24) is 0 Å². The summed E-state index contributed by atoms with van der Waals surface area (Å²) in [5.41, 5.74) is 2.19. The number of para-hydroxylation sites is 2. The van der Waals surface area contributed by atoms with Gasteiger partial charge >= 0.3 is 5.97 Å². The van der Waals surface area contributed by atoms with Crippen LogP contribution < -0.4 is 4.90 Å². The average molecular weight is 447 g/mol. The maximum atomic E-state index is 13.0. The highest BCUT2D eigenvalue weighted by Gasteiger charge is 2.23. The molecule has 1 unspecified atom stereocenters. The largest absolute Gasteiger partial charge is 0.455 e. The van der Waals surface area contributed by atoms with E-state index < -0.39 is 18.1 Å². The first-order chi connectivity index (χ1) is 15.9. The molecule has 1 aliphatic carbocycles. The lowest BCUT2D eigenvalue weighted by atomic mass is 9.95. The Hall–Kier alpha value is -4.00. The monoisotopic (exact) mass is 446 g/mol. The summed E-state index contributed by atoms with van der Waals surface area (Å²) in [7, 11) is 0. The molecule has 0 bridgehead atoms. The van der Waals surface area contributed by atoms with Gasteiger partial charge in [0, 0.05) is 41.3 Å². The van der Waals surface area contributed by atoms with E-state index in [2.05, 4.69) is 0 Å². The third kappa shape index (κ3) is 7.00. The minimum atomic E-state index is -0.633. The fourth-order valence-electron chi connectivity index (χ4n) is 3.52. The number of nitrogens with zero attached hydrogens (tertiary/aromatic N) is 2. The zero-order valence-electron chi connectivity index (χ0n) is 18.4. The lowest BCUT2D eigenvalue weighted by Crippen LogP contribution is -2.24. The van der Waals surface area contributed by atoms with Crippen LogP contribution in [-0.4, -0.2) is 28.9 Å². The molecule has 170 valence electrons. The predicted molar refractivity (Wildman–Crippen MR) is 127 cm³/mol. The minimum absolute atomic E-state index is 0.274. The van der Waals surface area contributed by atoms with Crippen LogP contribution in [0.4, 0.5) is 11.4 Å². The second-order valence-corrected chi connectivity index (χ2v) is 7.68. The number of anilines is 2. The van der Waals surface area contributed by atoms with E-state index in [1.54, 1.807) is 17.9 Å². The van der Waals surface area contributed by atoms with Gasteiger partial charge in [0.15, 0.2) is 0 Å². The molecule has 0 N–H and O–H groups in total. The molecule has 1 aliphatic rings. The first-order valence-electron chi connectivity index (χ1n) is 10.8. The smallest absolute Gasteiger partial charge is 0.331 e. The molecule has 2 aromatic rings. The van der Waals surface area contributed by atoms with Gasteiger partial charge in [-0.05, 0) is 49.3 Å². The van der Waals surface area contributed by atoms with Crippen LogP contribution in [0.3, 0.4) is 0 Å². The van der Waals surface area contributed by atoms with Gasteiger partial charge in [-0.2, -0.15) is 0 Å². The summed E-state index contributed by atoms with van der Waals surface area (Å²) < 4.78 is 5.31. The summed E-state index contributed by atoms with van der Waals surface area (Å²) in [4.78, 5) is 37.4. The average Bonchev–Trinajstić information content (AvgIpc) is 2.83. The number of carbonyl (C=O) groups is 2. The first-order valence-corrected chi connectivity index (χ1v) is 10.8. The molecular weight excluding hydrogens is 420 g/mol. The van der Waals surface area contributed by atoms with Crippen LogP contribution in [0.15, 0.2) is 96.6 Å². The second-order valence-electron chi connectivity index (χ2n) is 7.68. The number of esters is 1. The molecule has 7 nitrogen and oxygen atoms in total. The number of hydrogen-bond donors (Lipinski definition) is 0. The maximum absolute atomic E-state index is 13.0. The fraction of sp³-hybridized carbons (Fsp3) is 0.231. The molecule has 2 atom stereocenters. The van der Waals surface area contributed by atoms with Crippen molar-refractivity contribution in [3.63, 3.8) is 0 Å². The van der Waals surface area contributed by atoms with Crippen LogP contribution in [-0.2, 0) is 14.3 Å². The number of allylic oxidation sites excluding steroid dienone is 2. The van der Waals surface area contributed by atoms with Gasteiger partial charge in [0.25, 0.3) is 5.91 Å². The summed E-state index contributed by atoms with van der Waals surface area (Å²) in [6.07, 6.45) is 8.42. The molecule has 0 radical (unpaired) electrons. The number of hydrogen-bond acceptors (Lipinski definition) is 5. The molecule has 0 aliphatic heterocycles. The van der Waals surface area contributed by atoms with Crippen molar-refractivity contribution in [1.29, 1.82) is 0 Å². The first kappa shape index (κ1) is 23.7. The Kier molecular flexibility index (Phi) is 8.30. The molecular formula is C26H26N2O5.